The number of pyridine rings is 1. The first-order valence-corrected chi connectivity index (χ1v) is 15.8. The van der Waals surface area contributed by atoms with Gasteiger partial charge in [-0.25, -0.2) is 13.2 Å². The summed E-state index contributed by atoms with van der Waals surface area (Å²) in [6.45, 7) is 6.15. The first kappa shape index (κ1) is 31.7. The zero-order valence-electron chi connectivity index (χ0n) is 26.1. The molecule has 2 aromatic carbocycles. The van der Waals surface area contributed by atoms with Gasteiger partial charge in [0.2, 0.25) is 0 Å². The number of benzene rings is 2. The number of phenols is 1. The van der Waals surface area contributed by atoms with E-state index in [1.807, 2.05) is 0 Å². The average Bonchev–Trinajstić information content (AvgIpc) is 3.57. The SMILES string of the molecule is C#Cc1c(F)ccc2cc(O)cc(-c3ncc4c(N5CCOC[C@@H](NC(=O)C(=C)F)C5)nc(OCC56CCCN5CCC6)nc4c3F)c12. The molecule has 48 heavy (non-hydrogen) atoms. The summed E-state index contributed by atoms with van der Waals surface area (Å²) < 4.78 is 57.2. The van der Waals surface area contributed by atoms with Crippen LogP contribution in [0.25, 0.3) is 32.9 Å². The van der Waals surface area contributed by atoms with Crippen LogP contribution >= 0.6 is 0 Å². The van der Waals surface area contributed by atoms with Crippen molar-refractivity contribution in [2.24, 2.45) is 0 Å². The molecule has 10 nitrogen and oxygen atoms in total. The lowest BCUT2D eigenvalue weighted by molar-refractivity contribution is -0.119. The van der Waals surface area contributed by atoms with Crippen molar-refractivity contribution in [3.63, 3.8) is 0 Å². The number of terminal acetylenes is 1. The smallest absolute Gasteiger partial charge is 0.319 e. The molecule has 3 saturated heterocycles. The number of halogens is 3. The predicted octanol–water partition coefficient (Wildman–Crippen LogP) is 4.62. The maximum absolute atomic E-state index is 16.9. The van der Waals surface area contributed by atoms with Gasteiger partial charge < -0.3 is 24.8 Å². The normalized spacial score (nSPS) is 19.2. The molecular formula is C35H33F3N6O4. The first-order valence-electron chi connectivity index (χ1n) is 15.8. The van der Waals surface area contributed by atoms with Gasteiger partial charge in [-0.2, -0.15) is 9.97 Å². The third-order valence-electron chi connectivity index (χ3n) is 9.52. The Morgan fingerprint density at radius 1 is 1.21 bits per heavy atom. The van der Waals surface area contributed by atoms with Crippen molar-refractivity contribution in [1.82, 2.24) is 25.2 Å². The molecule has 0 aliphatic carbocycles. The Hall–Kier alpha value is -4.93. The van der Waals surface area contributed by atoms with Gasteiger partial charge in [-0.3, -0.25) is 14.7 Å². The standard InChI is InChI=1S/C35H33F3N6O4/c1-3-24-27(37)7-6-21-14-23(45)15-25(28(21)24)30-29(38)31-26(16-39-30)32(43-12-13-47-18-22(17-43)40-33(46)20(2)36)42-34(41-31)48-19-35-8-4-10-44(35)11-5-9-35/h1,6-7,14-16,22,45H,2,4-5,8-13,17-19H2,(H,40,46)/t22-/m0/s1. The highest BCUT2D eigenvalue weighted by Gasteiger charge is 2.45. The molecule has 0 saturated carbocycles. The van der Waals surface area contributed by atoms with Gasteiger partial charge in [0, 0.05) is 30.2 Å². The Balaban J connectivity index is 1.36. The number of rotatable bonds is 7. The van der Waals surface area contributed by atoms with E-state index in [-0.39, 0.29) is 76.0 Å². The van der Waals surface area contributed by atoms with Crippen LogP contribution in [0, 0.1) is 24.0 Å². The molecule has 0 radical (unpaired) electrons. The Kier molecular flexibility index (Phi) is 8.30. The molecule has 3 aliphatic heterocycles. The fourth-order valence-corrected chi connectivity index (χ4v) is 7.28. The van der Waals surface area contributed by atoms with Crippen LogP contribution in [0.2, 0.25) is 0 Å². The number of carbonyl (C=O) groups is 1. The van der Waals surface area contributed by atoms with Crippen LogP contribution in [0.3, 0.4) is 0 Å². The first-order chi connectivity index (χ1) is 23.2. The van der Waals surface area contributed by atoms with Gasteiger partial charge >= 0.3 is 6.01 Å². The molecule has 2 aromatic heterocycles. The van der Waals surface area contributed by atoms with Crippen molar-refractivity contribution in [3.05, 3.63) is 60.1 Å². The fourth-order valence-electron chi connectivity index (χ4n) is 7.28. The number of hydrogen-bond donors (Lipinski definition) is 2. The quantitative estimate of drug-likeness (QED) is 0.217. The third-order valence-corrected chi connectivity index (χ3v) is 9.52. The highest BCUT2D eigenvalue weighted by molar-refractivity contribution is 6.03. The molecule has 0 bridgehead atoms. The Morgan fingerprint density at radius 2 is 2.00 bits per heavy atom. The summed E-state index contributed by atoms with van der Waals surface area (Å²) >= 11 is 0. The molecule has 5 heterocycles. The van der Waals surface area contributed by atoms with E-state index in [0.717, 1.165) is 38.8 Å². The van der Waals surface area contributed by atoms with Gasteiger partial charge in [-0.05, 0) is 62.4 Å². The Bertz CT molecular complexity index is 1990. The molecule has 248 valence electrons. The molecule has 4 aromatic rings. The molecule has 0 unspecified atom stereocenters. The number of carbonyl (C=O) groups excluding carboxylic acids is 1. The molecule has 13 heteroatoms. The van der Waals surface area contributed by atoms with Crippen molar-refractivity contribution in [2.75, 3.05) is 50.9 Å². The summed E-state index contributed by atoms with van der Waals surface area (Å²) in [4.78, 5) is 30.0. The number of fused-ring (bicyclic) bond motifs is 3. The number of hydrogen-bond acceptors (Lipinski definition) is 9. The fraction of sp³-hybridized carbons (Fsp3) is 0.371. The summed E-state index contributed by atoms with van der Waals surface area (Å²) in [7, 11) is 0. The zero-order chi connectivity index (χ0) is 33.6. The number of anilines is 1. The lowest BCUT2D eigenvalue weighted by Gasteiger charge is -2.31. The summed E-state index contributed by atoms with van der Waals surface area (Å²) in [5, 5.41) is 14.0. The van der Waals surface area contributed by atoms with Crippen LogP contribution in [-0.4, -0.2) is 88.4 Å². The lowest BCUT2D eigenvalue weighted by atomic mass is 9.95. The molecule has 3 aliphatic rings. The second-order valence-electron chi connectivity index (χ2n) is 12.5. The summed E-state index contributed by atoms with van der Waals surface area (Å²) in [5.74, 6) is -1.19. The van der Waals surface area contributed by atoms with Crippen molar-refractivity contribution in [3.8, 4) is 35.4 Å². The van der Waals surface area contributed by atoms with Crippen molar-refractivity contribution in [2.45, 2.75) is 37.3 Å². The second-order valence-corrected chi connectivity index (χ2v) is 12.5. The largest absolute Gasteiger partial charge is 0.508 e. The highest BCUT2D eigenvalue weighted by Crippen LogP contribution is 2.41. The highest BCUT2D eigenvalue weighted by atomic mass is 19.1. The summed E-state index contributed by atoms with van der Waals surface area (Å²) in [5.41, 5.74) is -0.476. The second kappa shape index (κ2) is 12.6. The summed E-state index contributed by atoms with van der Waals surface area (Å²) in [6, 6.07) is 4.63. The van der Waals surface area contributed by atoms with E-state index >= 15 is 4.39 Å². The minimum absolute atomic E-state index is 0.0549. The third kappa shape index (κ3) is 5.65. The maximum atomic E-state index is 16.9. The predicted molar refractivity (Wildman–Crippen MR) is 173 cm³/mol. The van der Waals surface area contributed by atoms with E-state index in [1.54, 1.807) is 4.90 Å². The van der Waals surface area contributed by atoms with Crippen LogP contribution in [0.4, 0.5) is 19.0 Å². The molecular weight excluding hydrogens is 625 g/mol. The average molecular weight is 659 g/mol. The molecule has 3 fully saturated rings. The van der Waals surface area contributed by atoms with Crippen LogP contribution in [-0.2, 0) is 9.53 Å². The van der Waals surface area contributed by atoms with Crippen LogP contribution in [0.5, 0.6) is 11.8 Å². The number of nitrogens with one attached hydrogen (secondary N) is 1. The molecule has 1 atom stereocenters. The maximum Gasteiger partial charge on any atom is 0.319 e. The minimum Gasteiger partial charge on any atom is -0.508 e. The van der Waals surface area contributed by atoms with E-state index in [4.69, 9.17) is 20.9 Å². The molecule has 7 rings (SSSR count). The Labute approximate surface area is 274 Å². The van der Waals surface area contributed by atoms with Crippen LogP contribution in [0.15, 0.2) is 42.9 Å². The zero-order valence-corrected chi connectivity index (χ0v) is 26.1. The summed E-state index contributed by atoms with van der Waals surface area (Å²) in [6.07, 6.45) is 11.1. The van der Waals surface area contributed by atoms with E-state index in [1.165, 1.54) is 30.5 Å². The van der Waals surface area contributed by atoms with Crippen molar-refractivity contribution < 1.29 is 32.5 Å². The van der Waals surface area contributed by atoms with Gasteiger partial charge in [0.05, 0.1) is 35.7 Å². The lowest BCUT2D eigenvalue weighted by Crippen LogP contribution is -2.45. The van der Waals surface area contributed by atoms with E-state index < -0.39 is 29.4 Å². The van der Waals surface area contributed by atoms with Crippen molar-refractivity contribution in [1.29, 1.82) is 0 Å². The Morgan fingerprint density at radius 3 is 2.75 bits per heavy atom. The number of aromatic nitrogens is 3. The van der Waals surface area contributed by atoms with E-state index in [9.17, 15) is 18.7 Å². The van der Waals surface area contributed by atoms with Crippen molar-refractivity contribution >= 4 is 33.4 Å². The molecule has 0 spiro atoms. The van der Waals surface area contributed by atoms with E-state index in [0.29, 0.717) is 18.5 Å². The van der Waals surface area contributed by atoms with Gasteiger partial charge in [0.25, 0.3) is 5.91 Å². The van der Waals surface area contributed by atoms with Gasteiger partial charge in [-0.1, -0.05) is 18.6 Å². The molecule has 2 N–H and O–H groups in total. The van der Waals surface area contributed by atoms with E-state index in [2.05, 4.69) is 32.7 Å². The number of phenolic OH excluding ortho intramolecular Hbond substituents is 1. The minimum atomic E-state index is -1.13. The van der Waals surface area contributed by atoms with Gasteiger partial charge in [0.15, 0.2) is 11.6 Å². The van der Waals surface area contributed by atoms with Gasteiger partial charge in [0.1, 0.15) is 35.2 Å². The monoisotopic (exact) mass is 658 g/mol. The molecule has 1 amide bonds. The van der Waals surface area contributed by atoms with Crippen LogP contribution in [0.1, 0.15) is 31.2 Å². The van der Waals surface area contributed by atoms with Gasteiger partial charge in [-0.15, -0.1) is 6.42 Å². The number of ether oxygens (including phenoxy) is 2. The number of aromatic hydroxyl groups is 1. The van der Waals surface area contributed by atoms with Crippen LogP contribution < -0.4 is 15.0 Å². The topological polar surface area (TPSA) is 113 Å². The number of amides is 1. The number of nitrogens with zero attached hydrogens (tertiary/aromatic N) is 5.